The van der Waals surface area contributed by atoms with E-state index in [1.807, 2.05) is 37.4 Å². The monoisotopic (exact) mass is 366 g/mol. The Morgan fingerprint density at radius 3 is 2.50 bits per heavy atom. The van der Waals surface area contributed by atoms with Gasteiger partial charge >= 0.3 is 0 Å². The van der Waals surface area contributed by atoms with Crippen LogP contribution in [0.3, 0.4) is 0 Å². The fraction of sp³-hybridized carbons (Fsp3) is 0.389. The first-order valence-electron chi connectivity index (χ1n) is 7.70. The van der Waals surface area contributed by atoms with E-state index in [0.717, 1.165) is 46.2 Å². The zero-order chi connectivity index (χ0) is 17.5. The number of halogens is 1. The third-order valence-corrected chi connectivity index (χ3v) is 4.61. The van der Waals surface area contributed by atoms with E-state index < -0.39 is 0 Å². The predicted octanol–water partition coefficient (Wildman–Crippen LogP) is 4.11. The van der Waals surface area contributed by atoms with Crippen LogP contribution in [0.2, 0.25) is 5.15 Å². The van der Waals surface area contributed by atoms with E-state index in [1.54, 1.807) is 26.0 Å². The highest BCUT2D eigenvalue weighted by Gasteiger charge is 2.10. The van der Waals surface area contributed by atoms with Gasteiger partial charge in [0.05, 0.1) is 24.8 Å². The average molecular weight is 367 g/mol. The summed E-state index contributed by atoms with van der Waals surface area (Å²) in [5, 5.41) is 3.93. The van der Waals surface area contributed by atoms with E-state index in [1.165, 1.54) is 0 Å². The Hall–Kier alpha value is -1.43. The van der Waals surface area contributed by atoms with Gasteiger partial charge in [-0.3, -0.25) is 0 Å². The van der Waals surface area contributed by atoms with Crippen LogP contribution in [0.15, 0.2) is 29.2 Å². The Labute approximate surface area is 152 Å². The lowest BCUT2D eigenvalue weighted by atomic mass is 10.1. The number of rotatable bonds is 8. The molecule has 0 saturated carbocycles. The number of benzene rings is 1. The van der Waals surface area contributed by atoms with E-state index in [-0.39, 0.29) is 0 Å². The largest absolute Gasteiger partial charge is 0.496 e. The van der Waals surface area contributed by atoms with Crippen LogP contribution in [0, 0.1) is 6.92 Å². The minimum Gasteiger partial charge on any atom is -0.496 e. The molecule has 1 N–H and O–H groups in total. The predicted molar refractivity (Wildman–Crippen MR) is 101 cm³/mol. The summed E-state index contributed by atoms with van der Waals surface area (Å²) >= 11 is 7.63. The first-order valence-corrected chi connectivity index (χ1v) is 9.30. The molecule has 6 heteroatoms. The molecule has 0 atom stereocenters. The maximum Gasteiger partial charge on any atom is 0.132 e. The standard InChI is InChI=1S/C18H23ClN2O2S/c1-12-7-14(21-18(19)8-12)11-20-6-5-13-9-16(23-3)17(24-4)10-15(13)22-2/h7-10,20H,5-6,11H2,1-4H3. The van der Waals surface area contributed by atoms with Crippen molar-refractivity contribution in [2.24, 2.45) is 0 Å². The van der Waals surface area contributed by atoms with Gasteiger partial charge in [-0.2, -0.15) is 0 Å². The fourth-order valence-corrected chi connectivity index (χ4v) is 3.36. The quantitative estimate of drug-likeness (QED) is 0.432. The Bertz CT molecular complexity index is 675. The number of pyridine rings is 1. The van der Waals surface area contributed by atoms with Crippen LogP contribution in [0.5, 0.6) is 11.5 Å². The van der Waals surface area contributed by atoms with Crippen LogP contribution in [0.4, 0.5) is 0 Å². The van der Waals surface area contributed by atoms with Gasteiger partial charge in [0.2, 0.25) is 0 Å². The van der Waals surface area contributed by atoms with E-state index in [2.05, 4.69) is 10.3 Å². The van der Waals surface area contributed by atoms with Crippen molar-refractivity contribution in [1.82, 2.24) is 10.3 Å². The second-order valence-electron chi connectivity index (χ2n) is 5.40. The van der Waals surface area contributed by atoms with Gasteiger partial charge in [-0.05, 0) is 61.5 Å². The van der Waals surface area contributed by atoms with Gasteiger partial charge in [0.15, 0.2) is 0 Å². The highest BCUT2D eigenvalue weighted by atomic mass is 35.5. The SMILES string of the molecule is COc1cc(SC)c(OC)cc1CCNCc1cc(C)cc(Cl)n1. The number of nitrogens with zero attached hydrogens (tertiary/aromatic N) is 1. The van der Waals surface area contributed by atoms with Crippen molar-refractivity contribution in [2.45, 2.75) is 24.8 Å². The molecule has 24 heavy (non-hydrogen) atoms. The molecule has 130 valence electrons. The average Bonchev–Trinajstić information content (AvgIpc) is 2.57. The fourth-order valence-electron chi connectivity index (χ4n) is 2.51. The highest BCUT2D eigenvalue weighted by molar-refractivity contribution is 7.98. The van der Waals surface area contributed by atoms with Gasteiger partial charge < -0.3 is 14.8 Å². The Balaban J connectivity index is 1.98. The van der Waals surface area contributed by atoms with Crippen molar-refractivity contribution >= 4 is 23.4 Å². The van der Waals surface area contributed by atoms with Crippen molar-refractivity contribution < 1.29 is 9.47 Å². The number of nitrogens with one attached hydrogen (secondary N) is 1. The minimum atomic E-state index is 0.533. The van der Waals surface area contributed by atoms with Gasteiger partial charge in [0.25, 0.3) is 0 Å². The van der Waals surface area contributed by atoms with Gasteiger partial charge in [-0.1, -0.05) is 11.6 Å². The number of aryl methyl sites for hydroxylation is 1. The molecule has 0 spiro atoms. The molecular weight excluding hydrogens is 344 g/mol. The molecule has 0 aliphatic heterocycles. The van der Waals surface area contributed by atoms with Crippen LogP contribution in [-0.4, -0.2) is 32.0 Å². The first-order chi connectivity index (χ1) is 11.6. The maximum atomic E-state index is 5.99. The molecule has 0 amide bonds. The van der Waals surface area contributed by atoms with Crippen LogP contribution in [0.1, 0.15) is 16.8 Å². The van der Waals surface area contributed by atoms with Crippen LogP contribution >= 0.6 is 23.4 Å². The lowest BCUT2D eigenvalue weighted by Crippen LogP contribution is -2.18. The van der Waals surface area contributed by atoms with Crippen molar-refractivity contribution in [1.29, 1.82) is 0 Å². The smallest absolute Gasteiger partial charge is 0.132 e. The van der Waals surface area contributed by atoms with Crippen molar-refractivity contribution in [2.75, 3.05) is 27.0 Å². The molecule has 0 radical (unpaired) electrons. The molecule has 0 saturated heterocycles. The minimum absolute atomic E-state index is 0.533. The molecule has 0 unspecified atom stereocenters. The summed E-state index contributed by atoms with van der Waals surface area (Å²) in [6, 6.07) is 7.97. The van der Waals surface area contributed by atoms with Crippen LogP contribution in [0.25, 0.3) is 0 Å². The second kappa shape index (κ2) is 9.16. The van der Waals surface area contributed by atoms with Gasteiger partial charge in [0.1, 0.15) is 16.7 Å². The third kappa shape index (κ3) is 5.03. The zero-order valence-electron chi connectivity index (χ0n) is 14.5. The number of aromatic nitrogens is 1. The lowest BCUT2D eigenvalue weighted by molar-refractivity contribution is 0.390. The van der Waals surface area contributed by atoms with Gasteiger partial charge in [-0.25, -0.2) is 4.98 Å². The normalized spacial score (nSPS) is 10.7. The molecule has 4 nitrogen and oxygen atoms in total. The Morgan fingerprint density at radius 2 is 1.88 bits per heavy atom. The number of hydrogen-bond donors (Lipinski definition) is 1. The number of methoxy groups -OCH3 is 2. The lowest BCUT2D eigenvalue weighted by Gasteiger charge is -2.14. The van der Waals surface area contributed by atoms with Gasteiger partial charge in [-0.15, -0.1) is 11.8 Å². The molecule has 0 fully saturated rings. The molecule has 0 bridgehead atoms. The number of ether oxygens (including phenoxy) is 2. The topological polar surface area (TPSA) is 43.4 Å². The Morgan fingerprint density at radius 1 is 1.12 bits per heavy atom. The molecule has 1 aromatic heterocycles. The summed E-state index contributed by atoms with van der Waals surface area (Å²) in [6.07, 6.45) is 2.87. The van der Waals surface area contributed by atoms with Crippen LogP contribution in [-0.2, 0) is 13.0 Å². The molecule has 2 aromatic rings. The van der Waals surface area contributed by atoms with E-state index >= 15 is 0 Å². The summed E-state index contributed by atoms with van der Waals surface area (Å²) < 4.78 is 11.0. The maximum absolute atomic E-state index is 5.99. The summed E-state index contributed by atoms with van der Waals surface area (Å²) in [5.74, 6) is 1.77. The van der Waals surface area contributed by atoms with E-state index in [9.17, 15) is 0 Å². The second-order valence-corrected chi connectivity index (χ2v) is 6.64. The number of thioether (sulfide) groups is 1. The molecule has 0 aliphatic carbocycles. The van der Waals surface area contributed by atoms with Crippen LogP contribution < -0.4 is 14.8 Å². The molecule has 2 rings (SSSR count). The molecule has 1 heterocycles. The molecule has 1 aromatic carbocycles. The summed E-state index contributed by atoms with van der Waals surface area (Å²) in [5.41, 5.74) is 3.18. The van der Waals surface area contributed by atoms with E-state index in [4.69, 9.17) is 21.1 Å². The Kier molecular flexibility index (Phi) is 7.21. The van der Waals surface area contributed by atoms with Crippen molar-refractivity contribution in [3.05, 3.63) is 46.2 Å². The summed E-state index contributed by atoms with van der Waals surface area (Å²) in [4.78, 5) is 5.39. The van der Waals surface area contributed by atoms with Crippen molar-refractivity contribution in [3.8, 4) is 11.5 Å². The summed E-state index contributed by atoms with van der Waals surface area (Å²) in [7, 11) is 3.39. The summed E-state index contributed by atoms with van der Waals surface area (Å²) in [6.45, 7) is 3.51. The zero-order valence-corrected chi connectivity index (χ0v) is 16.1. The first kappa shape index (κ1) is 18.9. The van der Waals surface area contributed by atoms with Gasteiger partial charge in [0, 0.05) is 6.54 Å². The number of hydrogen-bond acceptors (Lipinski definition) is 5. The molecule has 0 aliphatic rings. The highest BCUT2D eigenvalue weighted by Crippen LogP contribution is 2.34. The molecular formula is C18H23ClN2O2S. The third-order valence-electron chi connectivity index (χ3n) is 3.66. The van der Waals surface area contributed by atoms with Crippen molar-refractivity contribution in [3.63, 3.8) is 0 Å². The van der Waals surface area contributed by atoms with E-state index in [0.29, 0.717) is 11.7 Å².